The number of likely N-dealkylation sites (tertiary alicyclic amines) is 1. The number of aryl methyl sites for hydroxylation is 1. The lowest BCUT2D eigenvalue weighted by Gasteiger charge is -2.13. The first-order valence-corrected chi connectivity index (χ1v) is 7.80. The number of aromatic nitrogens is 1. The fraction of sp³-hybridized carbons (Fsp3) is 0.316. The molecule has 0 bridgehead atoms. The van der Waals surface area contributed by atoms with Gasteiger partial charge in [-0.15, -0.1) is 0 Å². The molecule has 130 valence electrons. The van der Waals surface area contributed by atoms with E-state index in [1.54, 1.807) is 39.1 Å². The molecule has 6 nitrogen and oxygen atoms in total. The molecule has 1 aromatic heterocycles. The fourth-order valence-electron chi connectivity index (χ4n) is 2.50. The molecule has 0 aliphatic carbocycles. The maximum atomic E-state index is 11.9. The molecule has 1 aliphatic heterocycles. The van der Waals surface area contributed by atoms with E-state index in [2.05, 4.69) is 23.4 Å². The van der Waals surface area contributed by atoms with Crippen LogP contribution in [-0.4, -0.2) is 46.0 Å². The topological polar surface area (TPSA) is 96.5 Å². The van der Waals surface area contributed by atoms with Crippen molar-refractivity contribution in [3.8, 4) is 11.8 Å². The molecule has 6 heteroatoms. The Balaban J connectivity index is 2.22. The monoisotopic (exact) mass is 339 g/mol. The largest absolute Gasteiger partial charge is 0.369 e. The summed E-state index contributed by atoms with van der Waals surface area (Å²) in [5.41, 5.74) is 6.24. The quantitative estimate of drug-likeness (QED) is 0.635. The van der Waals surface area contributed by atoms with Gasteiger partial charge in [-0.05, 0) is 42.7 Å². The van der Waals surface area contributed by atoms with Crippen molar-refractivity contribution in [2.75, 3.05) is 13.6 Å². The summed E-state index contributed by atoms with van der Waals surface area (Å²) >= 11 is 0. The van der Waals surface area contributed by atoms with E-state index in [9.17, 15) is 14.7 Å². The summed E-state index contributed by atoms with van der Waals surface area (Å²) in [5, 5.41) is 10.3. The third-order valence-corrected chi connectivity index (χ3v) is 4.03. The minimum atomic E-state index is -1.63. The first-order chi connectivity index (χ1) is 11.6. The van der Waals surface area contributed by atoms with Gasteiger partial charge in [0.05, 0.1) is 5.69 Å². The Morgan fingerprint density at radius 3 is 2.76 bits per heavy atom. The number of pyridine rings is 1. The van der Waals surface area contributed by atoms with Gasteiger partial charge in [0.2, 0.25) is 5.60 Å². The van der Waals surface area contributed by atoms with Crippen molar-refractivity contribution in [3.05, 3.63) is 47.3 Å². The first-order valence-electron chi connectivity index (χ1n) is 7.80. The lowest BCUT2D eigenvalue weighted by Crippen LogP contribution is -2.37. The molecule has 1 fully saturated rings. The summed E-state index contributed by atoms with van der Waals surface area (Å²) in [5.74, 6) is 4.45. The third-order valence-electron chi connectivity index (χ3n) is 4.03. The first kappa shape index (κ1) is 18.4. The van der Waals surface area contributed by atoms with Gasteiger partial charge in [-0.2, -0.15) is 0 Å². The summed E-state index contributed by atoms with van der Waals surface area (Å²) in [6.45, 7) is 7.89. The lowest BCUT2D eigenvalue weighted by molar-refractivity contribution is -0.137. The molecule has 1 saturated heterocycles. The SMILES string of the molecule is C=C(/C=C(\C)C#C[C@]1(O)CCN(C)C1=O)c1ccc(C)c(C(N)=O)n1. The smallest absolute Gasteiger partial charge is 0.267 e. The van der Waals surface area contributed by atoms with Crippen LogP contribution in [0.1, 0.15) is 35.1 Å². The van der Waals surface area contributed by atoms with Crippen LogP contribution in [0.25, 0.3) is 5.57 Å². The number of aliphatic hydroxyl groups is 1. The Morgan fingerprint density at radius 2 is 2.20 bits per heavy atom. The maximum Gasteiger partial charge on any atom is 0.267 e. The van der Waals surface area contributed by atoms with Crippen LogP contribution in [-0.2, 0) is 4.79 Å². The zero-order chi connectivity index (χ0) is 18.8. The van der Waals surface area contributed by atoms with E-state index in [4.69, 9.17) is 5.73 Å². The Hall–Kier alpha value is -2.91. The highest BCUT2D eigenvalue weighted by Crippen LogP contribution is 2.21. The molecule has 1 aromatic rings. The normalized spacial score (nSPS) is 20.2. The second-order valence-electron chi connectivity index (χ2n) is 6.17. The van der Waals surface area contributed by atoms with E-state index < -0.39 is 17.4 Å². The molecule has 2 amide bonds. The van der Waals surface area contributed by atoms with E-state index >= 15 is 0 Å². The Bertz CT molecular complexity index is 845. The Morgan fingerprint density at radius 1 is 1.52 bits per heavy atom. The molecule has 0 unspecified atom stereocenters. The molecule has 0 spiro atoms. The predicted molar refractivity (Wildman–Crippen MR) is 95.3 cm³/mol. The van der Waals surface area contributed by atoms with Gasteiger partial charge in [0.1, 0.15) is 5.69 Å². The minimum Gasteiger partial charge on any atom is -0.369 e. The predicted octanol–water partition coefficient (Wildman–Crippen LogP) is 1.05. The molecule has 1 aliphatic rings. The molecule has 0 radical (unpaired) electrons. The van der Waals surface area contributed by atoms with Gasteiger partial charge in [-0.1, -0.05) is 24.5 Å². The molecule has 0 aromatic carbocycles. The summed E-state index contributed by atoms with van der Waals surface area (Å²) in [4.78, 5) is 29.0. The number of carbonyl (C=O) groups is 2. The number of nitrogens with two attached hydrogens (primary N) is 1. The summed E-state index contributed by atoms with van der Waals surface area (Å²) in [6, 6.07) is 3.49. The second-order valence-corrected chi connectivity index (χ2v) is 6.17. The maximum absolute atomic E-state index is 11.9. The van der Waals surface area contributed by atoms with E-state index in [1.165, 1.54) is 4.90 Å². The van der Waals surface area contributed by atoms with Crippen LogP contribution in [0.5, 0.6) is 0 Å². The van der Waals surface area contributed by atoms with Gasteiger partial charge in [0.25, 0.3) is 11.8 Å². The fourth-order valence-corrected chi connectivity index (χ4v) is 2.50. The molecule has 1 atom stereocenters. The van der Waals surface area contributed by atoms with E-state index in [0.717, 1.165) is 0 Å². The molecule has 2 heterocycles. The van der Waals surface area contributed by atoms with Crippen molar-refractivity contribution in [1.82, 2.24) is 9.88 Å². The van der Waals surface area contributed by atoms with Gasteiger partial charge < -0.3 is 15.7 Å². The summed E-state index contributed by atoms with van der Waals surface area (Å²) in [7, 11) is 1.63. The molecular formula is C19H21N3O3. The van der Waals surface area contributed by atoms with Crippen molar-refractivity contribution in [2.24, 2.45) is 5.73 Å². The number of carbonyl (C=O) groups excluding carboxylic acids is 2. The number of rotatable bonds is 3. The van der Waals surface area contributed by atoms with Crippen LogP contribution < -0.4 is 5.73 Å². The van der Waals surface area contributed by atoms with Gasteiger partial charge in [-0.25, -0.2) is 4.98 Å². The van der Waals surface area contributed by atoms with Gasteiger partial charge >= 0.3 is 0 Å². The zero-order valence-corrected chi connectivity index (χ0v) is 14.6. The van der Waals surface area contributed by atoms with Crippen LogP contribution in [0.4, 0.5) is 0 Å². The number of hydrogen-bond donors (Lipinski definition) is 2. The molecule has 0 saturated carbocycles. The minimum absolute atomic E-state index is 0.199. The average molecular weight is 339 g/mol. The molecule has 3 N–H and O–H groups in total. The van der Waals surface area contributed by atoms with E-state index in [-0.39, 0.29) is 12.1 Å². The van der Waals surface area contributed by atoms with E-state index in [1.807, 2.05) is 0 Å². The van der Waals surface area contributed by atoms with Gasteiger partial charge in [0, 0.05) is 20.0 Å². The third kappa shape index (κ3) is 3.95. The van der Waals surface area contributed by atoms with Crippen molar-refractivity contribution >= 4 is 17.4 Å². The van der Waals surface area contributed by atoms with Gasteiger partial charge in [-0.3, -0.25) is 9.59 Å². The van der Waals surface area contributed by atoms with Crippen molar-refractivity contribution in [2.45, 2.75) is 25.9 Å². The number of primary amides is 1. The average Bonchev–Trinajstić information content (AvgIpc) is 2.81. The van der Waals surface area contributed by atoms with Crippen molar-refractivity contribution in [3.63, 3.8) is 0 Å². The summed E-state index contributed by atoms with van der Waals surface area (Å²) < 4.78 is 0. The molecular weight excluding hydrogens is 318 g/mol. The Kier molecular flexibility index (Phi) is 5.10. The standard InChI is InChI=1S/C19H21N3O3/c1-12(7-8-19(25)9-10-22(4)18(19)24)11-14(3)15-6-5-13(2)16(21-15)17(20)23/h5-6,11,25H,3,9-10H2,1-2,4H3,(H2,20,23)/b12-11+/t19-/m0/s1. The molecule has 2 rings (SSSR count). The van der Waals surface area contributed by atoms with Crippen LogP contribution in [0.3, 0.4) is 0 Å². The van der Waals surface area contributed by atoms with Crippen LogP contribution in [0.2, 0.25) is 0 Å². The number of hydrogen-bond acceptors (Lipinski definition) is 4. The van der Waals surface area contributed by atoms with Crippen molar-refractivity contribution < 1.29 is 14.7 Å². The van der Waals surface area contributed by atoms with Crippen LogP contribution in [0.15, 0.2) is 30.4 Å². The zero-order valence-electron chi connectivity index (χ0n) is 14.6. The van der Waals surface area contributed by atoms with Crippen LogP contribution in [0, 0.1) is 18.8 Å². The van der Waals surface area contributed by atoms with Crippen molar-refractivity contribution in [1.29, 1.82) is 0 Å². The van der Waals surface area contributed by atoms with Gasteiger partial charge in [0.15, 0.2) is 0 Å². The highest BCUT2D eigenvalue weighted by molar-refractivity contribution is 5.93. The van der Waals surface area contributed by atoms with E-state index in [0.29, 0.717) is 28.9 Å². The summed E-state index contributed by atoms with van der Waals surface area (Å²) in [6.07, 6.45) is 1.97. The number of allylic oxidation sites excluding steroid dienone is 3. The number of amides is 2. The highest BCUT2D eigenvalue weighted by Gasteiger charge is 2.42. The molecule has 25 heavy (non-hydrogen) atoms. The van der Waals surface area contributed by atoms with Crippen LogP contribution >= 0.6 is 0 Å². The lowest BCUT2D eigenvalue weighted by atomic mass is 10.0. The highest BCUT2D eigenvalue weighted by atomic mass is 16.3. The number of nitrogens with zero attached hydrogens (tertiary/aromatic N) is 2. The Labute approximate surface area is 147 Å². The second kappa shape index (κ2) is 6.91. The number of likely N-dealkylation sites (N-methyl/N-ethyl adjacent to an activating group) is 1.